The van der Waals surface area contributed by atoms with Crippen LogP contribution >= 0.6 is 11.3 Å². The average molecular weight is 537 g/mol. The fraction of sp³-hybridized carbons (Fsp3) is 0.379. The molecule has 0 N–H and O–H groups in total. The molecule has 0 bridgehead atoms. The Morgan fingerprint density at radius 2 is 1.84 bits per heavy atom. The Labute approximate surface area is 226 Å². The lowest BCUT2D eigenvalue weighted by molar-refractivity contribution is -0.136. The SMILES string of the molecule is COc1ccccc1OC[C@@H]1c2ccsc2CCN1C(=O)CN(C(=O)c1ccc2c(c1)OCO2)C(C)(C)C. The van der Waals surface area contributed by atoms with E-state index < -0.39 is 5.54 Å². The van der Waals surface area contributed by atoms with E-state index in [1.807, 2.05) is 49.9 Å². The van der Waals surface area contributed by atoms with Gasteiger partial charge in [-0.25, -0.2) is 0 Å². The maximum absolute atomic E-state index is 13.9. The molecule has 1 atom stereocenters. The Hall–Kier alpha value is -3.72. The van der Waals surface area contributed by atoms with Crippen LogP contribution < -0.4 is 18.9 Å². The Balaban J connectivity index is 1.37. The number of amides is 2. The number of nitrogens with zero attached hydrogens (tertiary/aromatic N) is 2. The van der Waals surface area contributed by atoms with Gasteiger partial charge in [0.25, 0.3) is 5.91 Å². The molecule has 0 unspecified atom stereocenters. The molecule has 0 fully saturated rings. The zero-order chi connectivity index (χ0) is 26.9. The number of carbonyl (C=O) groups excluding carboxylic acids is 2. The van der Waals surface area contributed by atoms with Crippen molar-refractivity contribution in [3.05, 3.63) is 69.9 Å². The first-order valence-corrected chi connectivity index (χ1v) is 13.5. The van der Waals surface area contributed by atoms with E-state index in [9.17, 15) is 9.59 Å². The van der Waals surface area contributed by atoms with Crippen LogP contribution in [0.5, 0.6) is 23.0 Å². The zero-order valence-electron chi connectivity index (χ0n) is 22.1. The molecule has 8 nitrogen and oxygen atoms in total. The van der Waals surface area contributed by atoms with Crippen LogP contribution in [0.2, 0.25) is 0 Å². The van der Waals surface area contributed by atoms with E-state index in [-0.39, 0.29) is 37.8 Å². The van der Waals surface area contributed by atoms with Gasteiger partial charge in [-0.05, 0) is 74.5 Å². The number of hydrogen-bond acceptors (Lipinski definition) is 7. The summed E-state index contributed by atoms with van der Waals surface area (Å²) in [6.45, 7) is 6.71. The number of carbonyl (C=O) groups is 2. The molecule has 3 heterocycles. The van der Waals surface area contributed by atoms with Gasteiger partial charge >= 0.3 is 0 Å². The van der Waals surface area contributed by atoms with Crippen molar-refractivity contribution in [2.24, 2.45) is 0 Å². The minimum atomic E-state index is -0.587. The van der Waals surface area contributed by atoms with E-state index in [0.717, 1.165) is 12.0 Å². The van der Waals surface area contributed by atoms with E-state index in [1.165, 1.54) is 4.88 Å². The third-order valence-electron chi connectivity index (χ3n) is 6.85. The summed E-state index contributed by atoms with van der Waals surface area (Å²) < 4.78 is 22.5. The molecule has 2 aliphatic rings. The second-order valence-electron chi connectivity index (χ2n) is 10.2. The Morgan fingerprint density at radius 3 is 2.61 bits per heavy atom. The summed E-state index contributed by atoms with van der Waals surface area (Å²) in [5.41, 5.74) is 0.955. The highest BCUT2D eigenvalue weighted by Crippen LogP contribution is 2.36. The predicted molar refractivity (Wildman–Crippen MR) is 144 cm³/mol. The van der Waals surface area contributed by atoms with Crippen molar-refractivity contribution in [2.45, 2.75) is 38.8 Å². The summed E-state index contributed by atoms with van der Waals surface area (Å²) in [6, 6.07) is 14.4. The van der Waals surface area contributed by atoms with Gasteiger partial charge in [0.15, 0.2) is 23.0 Å². The van der Waals surface area contributed by atoms with Crippen molar-refractivity contribution >= 4 is 23.2 Å². The maximum Gasteiger partial charge on any atom is 0.254 e. The van der Waals surface area contributed by atoms with Crippen molar-refractivity contribution in [3.63, 3.8) is 0 Å². The second kappa shape index (κ2) is 10.6. The topological polar surface area (TPSA) is 77.5 Å². The number of para-hydroxylation sites is 2. The molecule has 0 saturated carbocycles. The van der Waals surface area contributed by atoms with Crippen LogP contribution in [-0.4, -0.2) is 60.8 Å². The van der Waals surface area contributed by atoms with E-state index >= 15 is 0 Å². The van der Waals surface area contributed by atoms with Crippen molar-refractivity contribution in [3.8, 4) is 23.0 Å². The van der Waals surface area contributed by atoms with Gasteiger partial charge in [-0.1, -0.05) is 12.1 Å². The fourth-order valence-corrected chi connectivity index (χ4v) is 5.73. The van der Waals surface area contributed by atoms with Crippen LogP contribution in [0, 0.1) is 0 Å². The molecule has 9 heteroatoms. The lowest BCUT2D eigenvalue weighted by Gasteiger charge is -2.40. The van der Waals surface area contributed by atoms with Crippen LogP contribution in [0.15, 0.2) is 53.9 Å². The molecular formula is C29H32N2O6S. The monoisotopic (exact) mass is 536 g/mol. The van der Waals surface area contributed by atoms with E-state index in [4.69, 9.17) is 18.9 Å². The number of thiophene rings is 1. The number of benzene rings is 2. The molecule has 3 aromatic rings. The Kier molecular flexibility index (Phi) is 7.21. The quantitative estimate of drug-likeness (QED) is 0.426. The first kappa shape index (κ1) is 25.9. The minimum absolute atomic E-state index is 0.0542. The third kappa shape index (κ3) is 5.15. The van der Waals surface area contributed by atoms with Gasteiger partial charge in [-0.2, -0.15) is 0 Å². The van der Waals surface area contributed by atoms with Crippen molar-refractivity contribution in [1.82, 2.24) is 9.80 Å². The highest BCUT2D eigenvalue weighted by atomic mass is 32.1. The van der Waals surface area contributed by atoms with Crippen LogP contribution in [0.4, 0.5) is 0 Å². The number of rotatable bonds is 7. The van der Waals surface area contributed by atoms with Crippen LogP contribution in [0.25, 0.3) is 0 Å². The minimum Gasteiger partial charge on any atom is -0.493 e. The van der Waals surface area contributed by atoms with E-state index in [0.29, 0.717) is 35.1 Å². The smallest absolute Gasteiger partial charge is 0.254 e. The first-order chi connectivity index (χ1) is 18.3. The van der Waals surface area contributed by atoms with Gasteiger partial charge in [-0.15, -0.1) is 11.3 Å². The van der Waals surface area contributed by atoms with Crippen LogP contribution in [0.1, 0.15) is 47.6 Å². The number of methoxy groups -OCH3 is 1. The molecule has 0 aliphatic carbocycles. The molecular weight excluding hydrogens is 504 g/mol. The van der Waals surface area contributed by atoms with Gasteiger partial charge in [0, 0.05) is 22.5 Å². The second-order valence-corrected chi connectivity index (χ2v) is 11.2. The van der Waals surface area contributed by atoms with Crippen LogP contribution in [0.3, 0.4) is 0 Å². The lowest BCUT2D eigenvalue weighted by Crippen LogP contribution is -2.53. The average Bonchev–Trinajstić information content (AvgIpc) is 3.58. The molecule has 0 spiro atoms. The zero-order valence-corrected chi connectivity index (χ0v) is 22.9. The maximum atomic E-state index is 13.9. The summed E-state index contributed by atoms with van der Waals surface area (Å²) >= 11 is 1.70. The normalized spacial score (nSPS) is 16.1. The highest BCUT2D eigenvalue weighted by Gasteiger charge is 2.36. The molecule has 38 heavy (non-hydrogen) atoms. The van der Waals surface area contributed by atoms with Crippen LogP contribution in [-0.2, 0) is 11.2 Å². The Morgan fingerprint density at radius 1 is 1.08 bits per heavy atom. The molecule has 5 rings (SSSR count). The van der Waals surface area contributed by atoms with E-state index in [2.05, 4.69) is 11.4 Å². The summed E-state index contributed by atoms with van der Waals surface area (Å²) in [6.07, 6.45) is 0.773. The van der Waals surface area contributed by atoms with E-state index in [1.54, 1.807) is 41.5 Å². The summed E-state index contributed by atoms with van der Waals surface area (Å²) in [5.74, 6) is 2.04. The number of ether oxygens (including phenoxy) is 4. The van der Waals surface area contributed by atoms with Crippen molar-refractivity contribution < 1.29 is 28.5 Å². The first-order valence-electron chi connectivity index (χ1n) is 12.6. The summed E-state index contributed by atoms with van der Waals surface area (Å²) in [7, 11) is 1.61. The van der Waals surface area contributed by atoms with Gasteiger partial charge in [-0.3, -0.25) is 9.59 Å². The highest BCUT2D eigenvalue weighted by molar-refractivity contribution is 7.10. The molecule has 0 saturated heterocycles. The molecule has 200 valence electrons. The van der Waals surface area contributed by atoms with Gasteiger partial charge in [0.2, 0.25) is 12.7 Å². The van der Waals surface area contributed by atoms with Crippen molar-refractivity contribution in [1.29, 1.82) is 0 Å². The lowest BCUT2D eigenvalue weighted by atomic mass is 9.99. The standard InChI is InChI=1S/C29H32N2O6S/c1-29(2,3)31(28(33)19-9-10-24-25(15-19)37-18-36-24)16-27(32)30-13-11-26-20(12-14-38-26)21(30)17-35-23-8-6-5-7-22(23)34-4/h5-10,12,14-15,21H,11,13,16-18H2,1-4H3/t21-/m1/s1. The largest absolute Gasteiger partial charge is 0.493 e. The summed E-state index contributed by atoms with van der Waals surface area (Å²) in [5, 5.41) is 2.05. The number of fused-ring (bicyclic) bond motifs is 2. The molecule has 2 aliphatic heterocycles. The van der Waals surface area contributed by atoms with Gasteiger partial charge in [0.05, 0.1) is 13.2 Å². The molecule has 1 aromatic heterocycles. The summed E-state index contributed by atoms with van der Waals surface area (Å²) in [4.78, 5) is 32.2. The Bertz CT molecular complexity index is 1330. The number of hydrogen-bond donors (Lipinski definition) is 0. The fourth-order valence-electron chi connectivity index (χ4n) is 4.81. The molecule has 2 amide bonds. The molecule has 0 radical (unpaired) electrons. The van der Waals surface area contributed by atoms with Gasteiger partial charge in [0.1, 0.15) is 13.2 Å². The predicted octanol–water partition coefficient (Wildman–Crippen LogP) is 4.93. The molecule has 2 aromatic carbocycles. The van der Waals surface area contributed by atoms with Crippen molar-refractivity contribution in [2.75, 3.05) is 33.6 Å². The third-order valence-corrected chi connectivity index (χ3v) is 7.85. The van der Waals surface area contributed by atoms with Gasteiger partial charge < -0.3 is 28.7 Å².